The molecule has 0 saturated carbocycles. The number of rotatable bonds is 7. The van der Waals surface area contributed by atoms with Crippen LogP contribution in [0.2, 0.25) is 0 Å². The van der Waals surface area contributed by atoms with Crippen LogP contribution in [0.15, 0.2) is 23.9 Å². The average molecular weight is 248 g/mol. The number of aromatic nitrogens is 2. The van der Waals surface area contributed by atoms with Crippen molar-refractivity contribution in [3.8, 4) is 0 Å². The van der Waals surface area contributed by atoms with Crippen LogP contribution in [-0.2, 0) is 11.2 Å². The number of hydrogen-bond donors (Lipinski definition) is 0. The lowest BCUT2D eigenvalue weighted by atomic mass is 10.0. The molecule has 1 heterocycles. The Morgan fingerprint density at radius 3 is 2.56 bits per heavy atom. The highest BCUT2D eigenvalue weighted by Crippen LogP contribution is 2.15. The normalized spacial score (nSPS) is 12.2. The summed E-state index contributed by atoms with van der Waals surface area (Å²) >= 11 is 0. The number of hydrogen-bond acceptors (Lipinski definition) is 2. The van der Waals surface area contributed by atoms with Crippen molar-refractivity contribution in [3.63, 3.8) is 0 Å². The Bertz CT molecular complexity index is 414. The number of carbonyl (C=O) groups is 1. The lowest BCUT2D eigenvalue weighted by Crippen LogP contribution is -2.10. The van der Waals surface area contributed by atoms with Crippen molar-refractivity contribution in [1.82, 2.24) is 9.78 Å². The molecule has 0 unspecified atom stereocenters. The number of carbonyl (C=O) groups excluding carboxylic acids is 1. The van der Waals surface area contributed by atoms with Gasteiger partial charge in [-0.1, -0.05) is 26.8 Å². The van der Waals surface area contributed by atoms with Crippen LogP contribution in [0.5, 0.6) is 0 Å². The number of ketones is 1. The highest BCUT2D eigenvalue weighted by molar-refractivity contribution is 5.96. The van der Waals surface area contributed by atoms with E-state index >= 15 is 0 Å². The second-order valence-corrected chi connectivity index (χ2v) is 4.52. The van der Waals surface area contributed by atoms with Crippen molar-refractivity contribution in [2.45, 2.75) is 59.4 Å². The zero-order valence-electron chi connectivity index (χ0n) is 11.9. The van der Waals surface area contributed by atoms with Crippen LogP contribution in [0, 0.1) is 0 Å². The van der Waals surface area contributed by atoms with Gasteiger partial charge in [-0.3, -0.25) is 9.48 Å². The van der Waals surface area contributed by atoms with Crippen LogP contribution >= 0.6 is 0 Å². The average Bonchev–Trinajstić information content (AvgIpc) is 2.81. The zero-order chi connectivity index (χ0) is 13.5. The van der Waals surface area contributed by atoms with E-state index in [2.05, 4.69) is 18.9 Å². The number of allylic oxidation sites excluding steroid dienone is 2. The van der Waals surface area contributed by atoms with E-state index < -0.39 is 0 Å². The topological polar surface area (TPSA) is 34.9 Å². The van der Waals surface area contributed by atoms with Crippen molar-refractivity contribution < 1.29 is 4.79 Å². The van der Waals surface area contributed by atoms with Crippen LogP contribution < -0.4 is 0 Å². The Hall–Kier alpha value is -1.38. The molecule has 0 atom stereocenters. The molecule has 0 saturated heterocycles. The summed E-state index contributed by atoms with van der Waals surface area (Å²) in [5.41, 5.74) is 1.77. The monoisotopic (exact) mass is 248 g/mol. The van der Waals surface area contributed by atoms with Crippen molar-refractivity contribution in [2.75, 3.05) is 0 Å². The minimum Gasteiger partial charge on any atom is -0.294 e. The first kappa shape index (κ1) is 14.7. The summed E-state index contributed by atoms with van der Waals surface area (Å²) < 4.78 is 1.99. The summed E-state index contributed by atoms with van der Waals surface area (Å²) in [6, 6.07) is 2.40. The molecule has 0 aliphatic carbocycles. The molecule has 0 aliphatic heterocycles. The lowest BCUT2D eigenvalue weighted by Gasteiger charge is -2.12. The Morgan fingerprint density at radius 2 is 2.06 bits per heavy atom. The number of Topliss-reactive ketones (excluding diaryl/α,β-unsaturated/α-hetero) is 1. The molecule has 0 radical (unpaired) electrons. The van der Waals surface area contributed by atoms with E-state index in [0.717, 1.165) is 30.5 Å². The standard InChI is InChI=1S/C15H24N2O/c1-5-12(6-2)15(18)11-13-9-10-17(16-13)14(7-3)8-4/h5,9-10,14H,6-8,11H2,1-4H3/b12-5+. The highest BCUT2D eigenvalue weighted by atomic mass is 16.1. The fourth-order valence-electron chi connectivity index (χ4n) is 2.18. The predicted octanol–water partition coefficient (Wildman–Crippen LogP) is 3.71. The van der Waals surface area contributed by atoms with Crippen LogP contribution in [-0.4, -0.2) is 15.6 Å². The van der Waals surface area contributed by atoms with E-state index in [9.17, 15) is 4.79 Å². The van der Waals surface area contributed by atoms with E-state index in [0.29, 0.717) is 12.5 Å². The van der Waals surface area contributed by atoms with E-state index in [1.807, 2.05) is 36.9 Å². The van der Waals surface area contributed by atoms with Crippen molar-refractivity contribution in [1.29, 1.82) is 0 Å². The van der Waals surface area contributed by atoms with Gasteiger partial charge in [0.1, 0.15) is 0 Å². The molecule has 0 aromatic carbocycles. The maximum Gasteiger partial charge on any atom is 0.164 e. The highest BCUT2D eigenvalue weighted by Gasteiger charge is 2.12. The van der Waals surface area contributed by atoms with Crippen LogP contribution in [0.3, 0.4) is 0 Å². The molecule has 0 bridgehead atoms. The zero-order valence-corrected chi connectivity index (χ0v) is 11.9. The molecule has 18 heavy (non-hydrogen) atoms. The fourth-order valence-corrected chi connectivity index (χ4v) is 2.18. The molecule has 1 aromatic heterocycles. The summed E-state index contributed by atoms with van der Waals surface area (Å²) in [4.78, 5) is 12.0. The Morgan fingerprint density at radius 1 is 1.39 bits per heavy atom. The van der Waals surface area contributed by atoms with Crippen molar-refractivity contribution >= 4 is 5.78 Å². The van der Waals surface area contributed by atoms with Gasteiger partial charge in [-0.25, -0.2) is 0 Å². The lowest BCUT2D eigenvalue weighted by molar-refractivity contribution is -0.115. The van der Waals surface area contributed by atoms with Gasteiger partial charge < -0.3 is 0 Å². The van der Waals surface area contributed by atoms with E-state index in [4.69, 9.17) is 0 Å². The third-order valence-corrected chi connectivity index (χ3v) is 3.41. The van der Waals surface area contributed by atoms with Crippen molar-refractivity contribution in [3.05, 3.63) is 29.6 Å². The number of nitrogens with zero attached hydrogens (tertiary/aromatic N) is 2. The van der Waals surface area contributed by atoms with Gasteiger partial charge in [0, 0.05) is 6.20 Å². The van der Waals surface area contributed by atoms with Gasteiger partial charge in [0.15, 0.2) is 5.78 Å². The molecule has 1 aromatic rings. The summed E-state index contributed by atoms with van der Waals surface area (Å²) in [6.07, 6.45) is 7.24. The first-order valence-electron chi connectivity index (χ1n) is 6.88. The minimum atomic E-state index is 0.190. The Kier molecular flexibility index (Phi) is 5.83. The maximum atomic E-state index is 12.0. The molecule has 3 nitrogen and oxygen atoms in total. The van der Waals surface area contributed by atoms with E-state index in [1.165, 1.54) is 0 Å². The Labute approximate surface area is 110 Å². The third-order valence-electron chi connectivity index (χ3n) is 3.41. The molecular formula is C15H24N2O. The molecule has 100 valence electrons. The van der Waals surface area contributed by atoms with Crippen LogP contribution in [0.25, 0.3) is 0 Å². The van der Waals surface area contributed by atoms with Crippen LogP contribution in [0.1, 0.15) is 58.7 Å². The minimum absolute atomic E-state index is 0.190. The van der Waals surface area contributed by atoms with Gasteiger partial charge in [0.05, 0.1) is 18.2 Å². The summed E-state index contributed by atoms with van der Waals surface area (Å²) in [7, 11) is 0. The fraction of sp³-hybridized carbons (Fsp3) is 0.600. The first-order valence-corrected chi connectivity index (χ1v) is 6.88. The van der Waals surface area contributed by atoms with Gasteiger partial charge >= 0.3 is 0 Å². The smallest absolute Gasteiger partial charge is 0.164 e. The Balaban J connectivity index is 2.72. The van der Waals surface area contributed by atoms with Crippen LogP contribution in [0.4, 0.5) is 0 Å². The quantitative estimate of drug-likeness (QED) is 0.689. The van der Waals surface area contributed by atoms with Gasteiger partial charge in [-0.15, -0.1) is 0 Å². The molecule has 0 spiro atoms. The molecular weight excluding hydrogens is 224 g/mol. The SMILES string of the molecule is C/C=C(\CC)C(=O)Cc1ccn(C(CC)CC)n1. The second-order valence-electron chi connectivity index (χ2n) is 4.52. The predicted molar refractivity (Wildman–Crippen MR) is 74.6 cm³/mol. The molecule has 0 fully saturated rings. The maximum absolute atomic E-state index is 12.0. The summed E-state index contributed by atoms with van der Waals surface area (Å²) in [5, 5.41) is 4.51. The summed E-state index contributed by atoms with van der Waals surface area (Å²) in [5.74, 6) is 0.190. The van der Waals surface area contributed by atoms with Gasteiger partial charge in [-0.05, 0) is 37.8 Å². The molecule has 1 rings (SSSR count). The van der Waals surface area contributed by atoms with Gasteiger partial charge in [-0.2, -0.15) is 5.10 Å². The molecule has 0 N–H and O–H groups in total. The van der Waals surface area contributed by atoms with E-state index in [-0.39, 0.29) is 5.78 Å². The molecule has 0 aliphatic rings. The largest absolute Gasteiger partial charge is 0.294 e. The third kappa shape index (κ3) is 3.56. The van der Waals surface area contributed by atoms with Gasteiger partial charge in [0.2, 0.25) is 0 Å². The summed E-state index contributed by atoms with van der Waals surface area (Å²) in [6.45, 7) is 8.25. The van der Waals surface area contributed by atoms with Crippen molar-refractivity contribution in [2.24, 2.45) is 0 Å². The molecule has 3 heteroatoms. The van der Waals surface area contributed by atoms with E-state index in [1.54, 1.807) is 0 Å². The first-order chi connectivity index (χ1) is 8.65. The van der Waals surface area contributed by atoms with Gasteiger partial charge in [0.25, 0.3) is 0 Å². The second kappa shape index (κ2) is 7.14. The molecule has 0 amide bonds.